The molecule has 8 atom stereocenters. The average Bonchev–Trinajstić information content (AvgIpc) is 3.33. The van der Waals surface area contributed by atoms with Gasteiger partial charge in [-0.05, 0) is 80.4 Å². The molecule has 5 rings (SSSR count). The lowest BCUT2D eigenvalue weighted by Crippen LogP contribution is -2.57. The number of halogens is 1. The molecule has 0 saturated heterocycles. The first-order valence-electron chi connectivity index (χ1n) is 10.0. The lowest BCUT2D eigenvalue weighted by molar-refractivity contribution is -0.157. The molecule has 26 heavy (non-hydrogen) atoms. The van der Waals surface area contributed by atoms with Crippen molar-refractivity contribution in [3.8, 4) is 0 Å². The van der Waals surface area contributed by atoms with Crippen LogP contribution in [0.4, 0.5) is 4.39 Å². The Morgan fingerprint density at radius 1 is 1.19 bits per heavy atom. The number of hydrogen-bond donors (Lipinski definition) is 1. The Morgan fingerprint density at radius 2 is 1.88 bits per heavy atom. The third-order valence-electron chi connectivity index (χ3n) is 9.23. The number of hydrogen-bond acceptors (Lipinski definition) is 3. The van der Waals surface area contributed by atoms with Gasteiger partial charge < -0.3 is 5.11 Å². The fraction of sp³-hybridized carbons (Fsp3) is 0.727. The minimum atomic E-state index is -1.28. The highest BCUT2D eigenvalue weighted by Crippen LogP contribution is 2.71. The Labute approximate surface area is 153 Å². The van der Waals surface area contributed by atoms with Crippen LogP contribution in [0.15, 0.2) is 23.6 Å². The summed E-state index contributed by atoms with van der Waals surface area (Å²) < 4.78 is 15.1. The number of aliphatic hydroxyl groups is 1. The van der Waals surface area contributed by atoms with Gasteiger partial charge in [0, 0.05) is 16.7 Å². The smallest absolute Gasteiger partial charge is 0.161 e. The van der Waals surface area contributed by atoms with Crippen LogP contribution in [0.2, 0.25) is 0 Å². The van der Waals surface area contributed by atoms with Gasteiger partial charge in [-0.2, -0.15) is 0 Å². The monoisotopic (exact) mass is 358 g/mol. The van der Waals surface area contributed by atoms with Crippen molar-refractivity contribution in [3.63, 3.8) is 0 Å². The number of carbonyl (C=O) groups is 2. The Balaban J connectivity index is 1.62. The summed E-state index contributed by atoms with van der Waals surface area (Å²) in [5, 5.41) is 11.2. The molecule has 0 bridgehead atoms. The molecule has 140 valence electrons. The van der Waals surface area contributed by atoms with E-state index in [0.717, 1.165) is 25.7 Å². The van der Waals surface area contributed by atoms with Gasteiger partial charge in [0.25, 0.3) is 0 Å². The van der Waals surface area contributed by atoms with Crippen LogP contribution in [-0.2, 0) is 9.59 Å². The second kappa shape index (κ2) is 4.76. The quantitative estimate of drug-likeness (QED) is 0.776. The fourth-order valence-electron chi connectivity index (χ4n) is 7.56. The molecule has 0 radical (unpaired) electrons. The van der Waals surface area contributed by atoms with Crippen LogP contribution in [0.25, 0.3) is 0 Å². The van der Waals surface area contributed by atoms with E-state index in [1.165, 1.54) is 6.92 Å². The summed E-state index contributed by atoms with van der Waals surface area (Å²) in [6.07, 6.45) is 7.09. The van der Waals surface area contributed by atoms with Crippen molar-refractivity contribution < 1.29 is 19.1 Å². The van der Waals surface area contributed by atoms with Crippen LogP contribution in [0, 0.1) is 40.4 Å². The number of ketones is 2. The normalized spacial score (nSPS) is 54.3. The zero-order valence-corrected chi connectivity index (χ0v) is 15.7. The Bertz CT molecular complexity index is 797. The molecule has 0 amide bonds. The third-order valence-corrected chi connectivity index (χ3v) is 9.23. The molecule has 3 nitrogen and oxygen atoms in total. The third kappa shape index (κ3) is 1.68. The lowest BCUT2D eigenvalue weighted by atomic mass is 9.47. The first-order valence-corrected chi connectivity index (χ1v) is 10.0. The highest BCUT2D eigenvalue weighted by Gasteiger charge is 2.69. The van der Waals surface area contributed by atoms with Crippen LogP contribution in [0.1, 0.15) is 52.9 Å². The zero-order chi connectivity index (χ0) is 18.6. The number of fused-ring (bicyclic) bond motifs is 7. The molecule has 2 unspecified atom stereocenters. The van der Waals surface area contributed by atoms with Crippen LogP contribution >= 0.6 is 0 Å². The van der Waals surface area contributed by atoms with Gasteiger partial charge >= 0.3 is 0 Å². The molecule has 0 heterocycles. The summed E-state index contributed by atoms with van der Waals surface area (Å²) in [6, 6.07) is 0. The van der Waals surface area contributed by atoms with Crippen molar-refractivity contribution in [2.24, 2.45) is 40.4 Å². The van der Waals surface area contributed by atoms with Gasteiger partial charge in [-0.25, -0.2) is 4.39 Å². The zero-order valence-electron chi connectivity index (χ0n) is 15.7. The Hall–Kier alpha value is -1.29. The molecule has 1 N–H and O–H groups in total. The van der Waals surface area contributed by atoms with Gasteiger partial charge in [0.15, 0.2) is 11.6 Å². The van der Waals surface area contributed by atoms with Crippen molar-refractivity contribution in [1.82, 2.24) is 0 Å². The highest BCUT2D eigenvalue weighted by atomic mass is 19.1. The molecule has 0 aromatic rings. The van der Waals surface area contributed by atoms with E-state index in [1.807, 2.05) is 6.92 Å². The Morgan fingerprint density at radius 3 is 2.58 bits per heavy atom. The molecule has 0 aromatic heterocycles. The molecular weight excluding hydrogens is 331 g/mol. The van der Waals surface area contributed by atoms with E-state index >= 15 is 4.39 Å². The van der Waals surface area contributed by atoms with Crippen molar-refractivity contribution in [1.29, 1.82) is 0 Å². The lowest BCUT2D eigenvalue weighted by Gasteiger charge is -2.57. The topological polar surface area (TPSA) is 54.4 Å². The predicted molar refractivity (Wildman–Crippen MR) is 94.7 cm³/mol. The SMILES string of the molecule is CC(=O)[C@@]1(O)CC[C@H]2[C@@H]3C=C(F)C4=CC(=O)C5CC5[C@@]4(C)[C@@H]3CC[C@@]21C. The second-order valence-corrected chi connectivity index (χ2v) is 9.91. The number of rotatable bonds is 1. The molecule has 0 aromatic carbocycles. The van der Waals surface area contributed by atoms with Gasteiger partial charge in [-0.1, -0.05) is 13.8 Å². The standard InChI is InChI=1S/C22H27FO3/c1-11(24)22(26)7-5-14-12-9-18(23)17-10-19(25)13-8-16(13)21(17,3)15(12)4-6-20(14,22)2/h9-10,12-16,26H,4-8H2,1-3H3/t12-,13?,14-,15+,16?,20-,21+,22-/m0/s1. The van der Waals surface area contributed by atoms with E-state index in [0.29, 0.717) is 17.9 Å². The fourth-order valence-corrected chi connectivity index (χ4v) is 7.56. The highest BCUT2D eigenvalue weighted by molar-refractivity contribution is 5.97. The van der Waals surface area contributed by atoms with Crippen molar-refractivity contribution in [2.75, 3.05) is 0 Å². The number of Topliss-reactive ketones (excluding diaryl/α,β-unsaturated/α-hetero) is 1. The van der Waals surface area contributed by atoms with Gasteiger partial charge in [0.2, 0.25) is 0 Å². The molecule has 0 spiro atoms. The minimum absolute atomic E-state index is 0.0405. The van der Waals surface area contributed by atoms with Crippen molar-refractivity contribution in [2.45, 2.75) is 58.5 Å². The van der Waals surface area contributed by atoms with E-state index in [1.54, 1.807) is 12.2 Å². The minimum Gasteiger partial charge on any atom is -0.382 e. The Kier molecular flexibility index (Phi) is 3.08. The molecular formula is C22H27FO3. The van der Waals surface area contributed by atoms with E-state index in [9.17, 15) is 14.7 Å². The van der Waals surface area contributed by atoms with E-state index in [-0.39, 0.29) is 46.5 Å². The summed E-state index contributed by atoms with van der Waals surface area (Å²) in [6.45, 7) is 5.68. The maximum absolute atomic E-state index is 15.1. The maximum Gasteiger partial charge on any atom is 0.161 e. The summed E-state index contributed by atoms with van der Waals surface area (Å²) in [7, 11) is 0. The number of allylic oxidation sites excluding steroid dienone is 4. The van der Waals surface area contributed by atoms with Crippen LogP contribution < -0.4 is 0 Å². The second-order valence-electron chi connectivity index (χ2n) is 9.91. The molecule has 0 aliphatic heterocycles. The van der Waals surface area contributed by atoms with Crippen LogP contribution in [0.3, 0.4) is 0 Å². The molecule has 3 fully saturated rings. The van der Waals surface area contributed by atoms with E-state index in [4.69, 9.17) is 0 Å². The van der Waals surface area contributed by atoms with E-state index in [2.05, 4.69) is 6.92 Å². The summed E-state index contributed by atoms with van der Waals surface area (Å²) >= 11 is 0. The molecule has 5 aliphatic carbocycles. The summed E-state index contributed by atoms with van der Waals surface area (Å²) in [4.78, 5) is 24.4. The summed E-state index contributed by atoms with van der Waals surface area (Å²) in [5.74, 6) is 0.503. The van der Waals surface area contributed by atoms with Gasteiger partial charge in [0.05, 0.1) is 0 Å². The first-order chi connectivity index (χ1) is 12.1. The van der Waals surface area contributed by atoms with Crippen molar-refractivity contribution >= 4 is 11.6 Å². The maximum atomic E-state index is 15.1. The number of carbonyl (C=O) groups excluding carboxylic acids is 2. The molecule has 5 aliphatic rings. The first kappa shape index (κ1) is 16.9. The molecule has 4 heteroatoms. The van der Waals surface area contributed by atoms with Gasteiger partial charge in [-0.15, -0.1) is 0 Å². The predicted octanol–water partition coefficient (Wildman–Crippen LogP) is 3.77. The summed E-state index contributed by atoms with van der Waals surface area (Å²) in [5.41, 5.74) is -1.43. The average molecular weight is 358 g/mol. The largest absolute Gasteiger partial charge is 0.382 e. The van der Waals surface area contributed by atoms with Gasteiger partial charge in [-0.3, -0.25) is 9.59 Å². The molecule has 3 saturated carbocycles. The van der Waals surface area contributed by atoms with E-state index < -0.39 is 11.0 Å². The van der Waals surface area contributed by atoms with Crippen LogP contribution in [0.5, 0.6) is 0 Å². The van der Waals surface area contributed by atoms with Crippen LogP contribution in [-0.4, -0.2) is 22.3 Å². The van der Waals surface area contributed by atoms with Gasteiger partial charge in [0.1, 0.15) is 11.4 Å². The van der Waals surface area contributed by atoms with Crippen molar-refractivity contribution in [3.05, 3.63) is 23.6 Å².